The molecule has 0 spiro atoms. The SMILES string of the molecule is CO[C@]1(C)C[C@H](O[C@H]2[C@H](C)[C@@H](O[C@@H]3O[C@H](C)C[C@H]4[C@H]3O/C(=N/C(C)C)N4C)[C@](C)(O)C[C@@H](C)CN(C)C(=O)C[C@H](CCCCNC(=O)OC(C)(C)C)NC(=O)[C@@H]2C)O[C@@H](C)[C@@H]1O. The molecule has 4 rings (SSSR count). The number of fused-ring (bicyclic) bond motifs is 1. The molecule has 0 aromatic rings. The Hall–Kier alpha value is -2.80. The average molecular weight is 884 g/mol. The molecule has 4 N–H and O–H groups in total. The molecule has 4 heterocycles. The Morgan fingerprint density at radius 1 is 1.05 bits per heavy atom. The molecule has 4 aliphatic heterocycles. The van der Waals surface area contributed by atoms with Gasteiger partial charge in [-0.1, -0.05) is 20.8 Å². The van der Waals surface area contributed by atoms with Crippen LogP contribution in [-0.4, -0.2) is 162 Å². The van der Waals surface area contributed by atoms with E-state index in [-0.39, 0.29) is 55.2 Å². The molecular formula is C45H81N5O12. The van der Waals surface area contributed by atoms with Crippen LogP contribution in [-0.2, 0) is 42.7 Å². The van der Waals surface area contributed by atoms with Gasteiger partial charge in [0, 0.05) is 65.1 Å². The molecule has 0 bridgehead atoms. The summed E-state index contributed by atoms with van der Waals surface area (Å²) in [5.41, 5.74) is -3.16. The zero-order valence-corrected chi connectivity index (χ0v) is 40.3. The molecule has 0 aliphatic carbocycles. The number of ether oxygens (including phenoxy) is 7. The predicted molar refractivity (Wildman–Crippen MR) is 233 cm³/mol. The number of carbonyl (C=O) groups is 3. The van der Waals surface area contributed by atoms with Gasteiger partial charge >= 0.3 is 6.09 Å². The number of hydrogen-bond acceptors (Lipinski definition) is 13. The summed E-state index contributed by atoms with van der Waals surface area (Å²) in [6.07, 6.45) is -3.73. The smallest absolute Gasteiger partial charge is 0.407 e. The molecule has 0 radical (unpaired) electrons. The van der Waals surface area contributed by atoms with Crippen LogP contribution in [0.25, 0.3) is 0 Å². The highest BCUT2D eigenvalue weighted by Gasteiger charge is 2.54. The molecule has 17 nitrogen and oxygen atoms in total. The molecule has 62 heavy (non-hydrogen) atoms. The van der Waals surface area contributed by atoms with E-state index in [1.165, 1.54) is 7.11 Å². The van der Waals surface area contributed by atoms with Crippen LogP contribution in [0.4, 0.5) is 4.79 Å². The van der Waals surface area contributed by atoms with Crippen molar-refractivity contribution in [3.05, 3.63) is 0 Å². The molecule has 0 saturated carbocycles. The van der Waals surface area contributed by atoms with Gasteiger partial charge in [-0.15, -0.1) is 0 Å². The molecule has 4 fully saturated rings. The summed E-state index contributed by atoms with van der Waals surface area (Å²) in [5.74, 6) is -2.19. The van der Waals surface area contributed by atoms with Crippen LogP contribution in [0.1, 0.15) is 128 Å². The second-order valence-corrected chi connectivity index (χ2v) is 20.3. The lowest BCUT2D eigenvalue weighted by Gasteiger charge is -2.48. The van der Waals surface area contributed by atoms with Crippen LogP contribution in [0.3, 0.4) is 0 Å². The van der Waals surface area contributed by atoms with Gasteiger partial charge in [0.2, 0.25) is 11.8 Å². The van der Waals surface area contributed by atoms with Crippen LogP contribution in [0.2, 0.25) is 0 Å². The van der Waals surface area contributed by atoms with E-state index in [0.29, 0.717) is 44.8 Å². The van der Waals surface area contributed by atoms with Crippen molar-refractivity contribution in [1.82, 2.24) is 20.4 Å². The Kier molecular flexibility index (Phi) is 17.9. The Balaban J connectivity index is 1.71. The molecule has 0 unspecified atom stereocenters. The first-order chi connectivity index (χ1) is 28.7. The molecule has 3 amide bonds. The van der Waals surface area contributed by atoms with Crippen molar-refractivity contribution < 1.29 is 57.8 Å². The number of amides is 3. The van der Waals surface area contributed by atoms with E-state index in [2.05, 4.69) is 10.6 Å². The number of alkyl carbamates (subject to hydrolysis) is 1. The number of hydrogen-bond donors (Lipinski definition) is 4. The molecule has 15 atom stereocenters. The molecular weight excluding hydrogens is 803 g/mol. The fourth-order valence-corrected chi connectivity index (χ4v) is 9.50. The first-order valence-electron chi connectivity index (χ1n) is 22.8. The first kappa shape index (κ1) is 51.8. The fraction of sp³-hybridized carbons (Fsp3) is 0.911. The van der Waals surface area contributed by atoms with Gasteiger partial charge in [0.05, 0.1) is 47.6 Å². The van der Waals surface area contributed by atoms with Crippen molar-refractivity contribution in [2.45, 2.75) is 212 Å². The van der Waals surface area contributed by atoms with Crippen LogP contribution in [0.15, 0.2) is 4.99 Å². The largest absolute Gasteiger partial charge is 0.454 e. The first-order valence-corrected chi connectivity index (χ1v) is 22.8. The van der Waals surface area contributed by atoms with Gasteiger partial charge in [0.15, 0.2) is 18.7 Å². The number of amidine groups is 1. The third kappa shape index (κ3) is 13.6. The summed E-state index contributed by atoms with van der Waals surface area (Å²) < 4.78 is 44.3. The summed E-state index contributed by atoms with van der Waals surface area (Å²) in [7, 11) is 5.23. The summed E-state index contributed by atoms with van der Waals surface area (Å²) in [4.78, 5) is 49.0. The van der Waals surface area contributed by atoms with Crippen molar-refractivity contribution in [3.63, 3.8) is 0 Å². The summed E-state index contributed by atoms with van der Waals surface area (Å²) in [6.45, 7) is 23.0. The monoisotopic (exact) mass is 884 g/mol. The van der Waals surface area contributed by atoms with Crippen molar-refractivity contribution in [2.24, 2.45) is 22.7 Å². The molecule has 0 aromatic heterocycles. The van der Waals surface area contributed by atoms with Gasteiger partial charge in [-0.2, -0.15) is 0 Å². The van der Waals surface area contributed by atoms with Crippen molar-refractivity contribution >= 4 is 23.9 Å². The van der Waals surface area contributed by atoms with Gasteiger partial charge < -0.3 is 63.8 Å². The third-order valence-corrected chi connectivity index (χ3v) is 12.8. The zero-order chi connectivity index (χ0) is 46.5. The highest BCUT2D eigenvalue weighted by molar-refractivity contribution is 5.81. The second-order valence-electron chi connectivity index (χ2n) is 20.3. The Labute approximate surface area is 370 Å². The van der Waals surface area contributed by atoms with E-state index in [1.807, 2.05) is 46.6 Å². The van der Waals surface area contributed by atoms with E-state index < -0.39 is 83.9 Å². The number of likely N-dealkylation sites (N-methyl/N-ethyl adjacent to an activating group) is 1. The summed E-state index contributed by atoms with van der Waals surface area (Å²) in [5, 5.41) is 29.7. The third-order valence-electron chi connectivity index (χ3n) is 12.8. The Morgan fingerprint density at radius 3 is 2.35 bits per heavy atom. The number of nitrogens with one attached hydrogen (secondary N) is 2. The standard InChI is InChI=1S/C45H81N5O12/c1-25(2)47-41-50(14)32-20-27(4)57-40(36(32)60-41)61-38-28(5)35(59-34-23-45(12,56-15)37(52)30(7)58-34)29(6)39(53)48-31(18-16-17-19-46-42(54)62-43(8,9)10)21-33(51)49(13)24-26(3)22-44(38,11)55/h25-32,34-38,40,52,55H,16-24H2,1-15H3,(H,46,54)(H,48,53)/b47-41+/t26-,27-,28+,29-,30+,31+,32+,34+,35+,36-,37+,38-,40+,44-,45-/m1/s1. The van der Waals surface area contributed by atoms with Gasteiger partial charge in [0.25, 0.3) is 6.02 Å². The quantitative estimate of drug-likeness (QED) is 0.214. The number of aliphatic imine (C=N–C) groups is 1. The maximum Gasteiger partial charge on any atom is 0.407 e. The minimum atomic E-state index is -1.53. The van der Waals surface area contributed by atoms with Crippen LogP contribution in [0.5, 0.6) is 0 Å². The highest BCUT2D eigenvalue weighted by Crippen LogP contribution is 2.41. The van der Waals surface area contributed by atoms with Crippen LogP contribution >= 0.6 is 0 Å². The minimum Gasteiger partial charge on any atom is -0.454 e. The van der Waals surface area contributed by atoms with Gasteiger partial charge in [-0.3, -0.25) is 9.59 Å². The van der Waals surface area contributed by atoms with E-state index in [4.69, 9.17) is 38.2 Å². The number of aliphatic hydroxyl groups excluding tert-OH is 1. The number of aliphatic hydroxyl groups is 2. The van der Waals surface area contributed by atoms with Gasteiger partial charge in [-0.05, 0) is 100 Å². The van der Waals surface area contributed by atoms with Crippen molar-refractivity contribution in [1.29, 1.82) is 0 Å². The van der Waals surface area contributed by atoms with Gasteiger partial charge in [-0.25, -0.2) is 9.79 Å². The number of methoxy groups -OCH3 is 1. The van der Waals surface area contributed by atoms with E-state index in [0.717, 1.165) is 0 Å². The van der Waals surface area contributed by atoms with Crippen molar-refractivity contribution in [2.75, 3.05) is 34.3 Å². The lowest BCUT2D eigenvalue weighted by molar-refractivity contribution is -0.313. The fourth-order valence-electron chi connectivity index (χ4n) is 9.50. The maximum atomic E-state index is 14.6. The van der Waals surface area contributed by atoms with Crippen molar-refractivity contribution in [3.8, 4) is 0 Å². The second kappa shape index (κ2) is 21.5. The average Bonchev–Trinajstić information content (AvgIpc) is 3.45. The van der Waals surface area contributed by atoms with Crippen LogP contribution < -0.4 is 10.6 Å². The maximum absolute atomic E-state index is 14.6. The number of carbonyl (C=O) groups excluding carboxylic acids is 3. The number of nitrogens with zero attached hydrogens (tertiary/aromatic N) is 3. The van der Waals surface area contributed by atoms with E-state index >= 15 is 0 Å². The van der Waals surface area contributed by atoms with Gasteiger partial charge in [0.1, 0.15) is 11.7 Å². The lowest BCUT2D eigenvalue weighted by atomic mass is 9.77. The van der Waals surface area contributed by atoms with Crippen LogP contribution in [0, 0.1) is 17.8 Å². The highest BCUT2D eigenvalue weighted by atomic mass is 16.7. The molecule has 358 valence electrons. The molecule has 17 heteroatoms. The molecule has 0 aromatic carbocycles. The molecule has 4 aliphatic rings. The minimum absolute atomic E-state index is 0.00531. The Morgan fingerprint density at radius 2 is 1.73 bits per heavy atom. The zero-order valence-electron chi connectivity index (χ0n) is 40.3. The Bertz CT molecular complexity index is 1530. The number of unbranched alkanes of at least 4 members (excludes halogenated alkanes) is 1. The summed E-state index contributed by atoms with van der Waals surface area (Å²) in [6, 6.07) is -0.124. The normalized spacial score (nSPS) is 39.8. The topological polar surface area (TPSA) is 199 Å². The predicted octanol–water partition coefficient (Wildman–Crippen LogP) is 4.35. The van der Waals surface area contributed by atoms with E-state index in [9.17, 15) is 24.6 Å². The number of rotatable bonds is 11. The molecule has 4 saturated heterocycles. The summed E-state index contributed by atoms with van der Waals surface area (Å²) >= 11 is 0. The van der Waals surface area contributed by atoms with E-state index in [1.54, 1.807) is 60.4 Å². The lowest BCUT2D eigenvalue weighted by Crippen LogP contribution is -2.60.